The number of nitrogens with zero attached hydrogens (tertiary/aromatic N) is 1. The second-order valence-corrected chi connectivity index (χ2v) is 8.04. The summed E-state index contributed by atoms with van der Waals surface area (Å²) in [6, 6.07) is 12.7. The Morgan fingerprint density at radius 3 is 2.31 bits per heavy atom. The first-order chi connectivity index (χ1) is 12.3. The van der Waals surface area contributed by atoms with Crippen LogP contribution in [0.15, 0.2) is 53.4 Å². The highest BCUT2D eigenvalue weighted by Gasteiger charge is 2.21. The SMILES string of the molecule is COC(=O)c1ccc(S(=O)(=O)NC[C@H](c2ccccc2Cl)N(C)C)cc1. The molecule has 0 fully saturated rings. The number of rotatable bonds is 7. The molecule has 0 aliphatic heterocycles. The van der Waals surface area contributed by atoms with E-state index in [1.807, 2.05) is 37.2 Å². The average Bonchev–Trinajstić information content (AvgIpc) is 2.62. The van der Waals surface area contributed by atoms with Crippen molar-refractivity contribution in [3.63, 3.8) is 0 Å². The number of carbonyl (C=O) groups is 1. The minimum atomic E-state index is -3.73. The van der Waals surface area contributed by atoms with Crippen molar-refractivity contribution in [1.82, 2.24) is 9.62 Å². The fraction of sp³-hybridized carbons (Fsp3) is 0.278. The molecule has 0 amide bonds. The Kier molecular flexibility index (Phi) is 6.77. The van der Waals surface area contributed by atoms with Crippen LogP contribution in [0, 0.1) is 0 Å². The van der Waals surface area contributed by atoms with E-state index in [-0.39, 0.29) is 23.0 Å². The first kappa shape index (κ1) is 20.4. The number of halogens is 1. The molecule has 0 spiro atoms. The van der Waals surface area contributed by atoms with Gasteiger partial charge in [0, 0.05) is 17.6 Å². The first-order valence-electron chi connectivity index (χ1n) is 7.85. The van der Waals surface area contributed by atoms with Gasteiger partial charge in [0.25, 0.3) is 0 Å². The van der Waals surface area contributed by atoms with Crippen LogP contribution in [0.1, 0.15) is 22.0 Å². The summed E-state index contributed by atoms with van der Waals surface area (Å²) in [6.45, 7) is 0.151. The Labute approximate surface area is 158 Å². The highest BCUT2D eigenvalue weighted by atomic mass is 35.5. The Balaban J connectivity index is 2.17. The summed E-state index contributed by atoms with van der Waals surface area (Å²) in [4.78, 5) is 13.4. The lowest BCUT2D eigenvalue weighted by Crippen LogP contribution is -2.34. The highest BCUT2D eigenvalue weighted by Crippen LogP contribution is 2.26. The lowest BCUT2D eigenvalue weighted by atomic mass is 10.1. The number of methoxy groups -OCH3 is 1. The standard InChI is InChI=1S/C18H21ClN2O4S/c1-21(2)17(15-6-4-5-7-16(15)19)12-20-26(23,24)14-10-8-13(9-11-14)18(22)25-3/h4-11,17,20H,12H2,1-3H3/t17-/m1/s1. The summed E-state index contributed by atoms with van der Waals surface area (Å²) >= 11 is 6.24. The summed E-state index contributed by atoms with van der Waals surface area (Å²) < 4.78 is 32.3. The molecule has 0 bridgehead atoms. The molecule has 2 rings (SSSR count). The average molecular weight is 397 g/mol. The maximum atomic E-state index is 12.5. The van der Waals surface area contributed by atoms with E-state index in [0.29, 0.717) is 5.02 Å². The summed E-state index contributed by atoms with van der Waals surface area (Å²) in [5, 5.41) is 0.577. The van der Waals surface area contributed by atoms with E-state index in [9.17, 15) is 13.2 Å². The quantitative estimate of drug-likeness (QED) is 0.728. The van der Waals surface area contributed by atoms with Gasteiger partial charge in [-0.05, 0) is 50.0 Å². The molecule has 1 N–H and O–H groups in total. The number of nitrogens with one attached hydrogen (secondary N) is 1. The second kappa shape index (κ2) is 8.64. The minimum Gasteiger partial charge on any atom is -0.465 e. The summed E-state index contributed by atoms with van der Waals surface area (Å²) in [6.07, 6.45) is 0. The van der Waals surface area contributed by atoms with E-state index in [2.05, 4.69) is 9.46 Å². The van der Waals surface area contributed by atoms with Crippen molar-refractivity contribution >= 4 is 27.6 Å². The molecule has 8 heteroatoms. The second-order valence-electron chi connectivity index (χ2n) is 5.87. The maximum Gasteiger partial charge on any atom is 0.337 e. The van der Waals surface area contributed by atoms with Gasteiger partial charge in [0.1, 0.15) is 0 Å². The molecule has 2 aromatic rings. The van der Waals surface area contributed by atoms with Crippen molar-refractivity contribution < 1.29 is 17.9 Å². The van der Waals surface area contributed by atoms with Crippen LogP contribution < -0.4 is 4.72 Å². The molecule has 0 saturated carbocycles. The zero-order valence-electron chi connectivity index (χ0n) is 14.8. The van der Waals surface area contributed by atoms with Crippen molar-refractivity contribution in [2.75, 3.05) is 27.7 Å². The molecule has 0 radical (unpaired) electrons. The van der Waals surface area contributed by atoms with Gasteiger partial charge in [0.15, 0.2) is 0 Å². The van der Waals surface area contributed by atoms with Crippen LogP contribution in [0.25, 0.3) is 0 Å². The molecule has 6 nitrogen and oxygen atoms in total. The van der Waals surface area contributed by atoms with Gasteiger partial charge in [-0.2, -0.15) is 0 Å². The normalized spacial score (nSPS) is 12.8. The van der Waals surface area contributed by atoms with Gasteiger partial charge in [-0.25, -0.2) is 17.9 Å². The molecule has 2 aromatic carbocycles. The van der Waals surface area contributed by atoms with Gasteiger partial charge < -0.3 is 9.64 Å². The Morgan fingerprint density at radius 2 is 1.77 bits per heavy atom. The topological polar surface area (TPSA) is 75.7 Å². The summed E-state index contributed by atoms with van der Waals surface area (Å²) in [5.74, 6) is -0.520. The molecule has 1 atom stereocenters. The van der Waals surface area contributed by atoms with Gasteiger partial charge >= 0.3 is 5.97 Å². The van der Waals surface area contributed by atoms with E-state index in [1.54, 1.807) is 6.07 Å². The largest absolute Gasteiger partial charge is 0.465 e. The number of benzene rings is 2. The molecule has 26 heavy (non-hydrogen) atoms. The third-order valence-electron chi connectivity index (χ3n) is 3.94. The molecule has 0 saturated heterocycles. The van der Waals surface area contributed by atoms with Crippen LogP contribution >= 0.6 is 11.6 Å². The zero-order chi connectivity index (χ0) is 19.3. The fourth-order valence-electron chi connectivity index (χ4n) is 2.48. The number of esters is 1. The van der Waals surface area contributed by atoms with E-state index < -0.39 is 16.0 Å². The predicted molar refractivity (Wildman–Crippen MR) is 101 cm³/mol. The first-order valence-corrected chi connectivity index (χ1v) is 9.71. The van der Waals surface area contributed by atoms with Crippen molar-refractivity contribution in [3.05, 3.63) is 64.7 Å². The number of sulfonamides is 1. The maximum absolute atomic E-state index is 12.5. The van der Waals surface area contributed by atoms with Crippen LogP contribution in [0.4, 0.5) is 0 Å². The van der Waals surface area contributed by atoms with Crippen LogP contribution in [0.5, 0.6) is 0 Å². The summed E-state index contributed by atoms with van der Waals surface area (Å²) in [5.41, 5.74) is 1.12. The van der Waals surface area contributed by atoms with E-state index >= 15 is 0 Å². The van der Waals surface area contributed by atoms with Crippen molar-refractivity contribution in [2.24, 2.45) is 0 Å². The van der Waals surface area contributed by atoms with Gasteiger partial charge in [-0.15, -0.1) is 0 Å². The van der Waals surface area contributed by atoms with E-state index in [1.165, 1.54) is 31.4 Å². The van der Waals surface area contributed by atoms with Crippen LogP contribution in [-0.4, -0.2) is 47.0 Å². The monoisotopic (exact) mass is 396 g/mol. The van der Waals surface area contributed by atoms with Gasteiger partial charge in [-0.3, -0.25) is 0 Å². The van der Waals surface area contributed by atoms with Gasteiger partial charge in [-0.1, -0.05) is 29.8 Å². The Bertz CT molecular complexity index is 867. The molecular formula is C18H21ClN2O4S. The molecule has 140 valence electrons. The van der Waals surface area contributed by atoms with Crippen LogP contribution in [-0.2, 0) is 14.8 Å². The third-order valence-corrected chi connectivity index (χ3v) is 5.72. The molecule has 0 aromatic heterocycles. The minimum absolute atomic E-state index is 0.0711. The number of hydrogen-bond acceptors (Lipinski definition) is 5. The van der Waals surface area contributed by atoms with Gasteiger partial charge in [0.2, 0.25) is 10.0 Å². The Hall–Kier alpha value is -1.93. The van der Waals surface area contributed by atoms with Crippen molar-refractivity contribution in [2.45, 2.75) is 10.9 Å². The van der Waals surface area contributed by atoms with Gasteiger partial charge in [0.05, 0.1) is 17.6 Å². The molecule has 0 heterocycles. The molecular weight excluding hydrogens is 376 g/mol. The van der Waals surface area contributed by atoms with E-state index in [4.69, 9.17) is 11.6 Å². The number of carbonyl (C=O) groups excluding carboxylic acids is 1. The van der Waals surface area contributed by atoms with Crippen molar-refractivity contribution in [3.8, 4) is 0 Å². The van der Waals surface area contributed by atoms with Crippen molar-refractivity contribution in [1.29, 1.82) is 0 Å². The number of likely N-dealkylation sites (N-methyl/N-ethyl adjacent to an activating group) is 1. The van der Waals surface area contributed by atoms with Crippen LogP contribution in [0.2, 0.25) is 5.02 Å². The molecule has 0 aliphatic carbocycles. The smallest absolute Gasteiger partial charge is 0.337 e. The van der Waals surface area contributed by atoms with E-state index in [0.717, 1.165) is 5.56 Å². The predicted octanol–water partition coefficient (Wildman–Crippen LogP) is 2.71. The number of ether oxygens (including phenoxy) is 1. The third kappa shape index (κ3) is 4.82. The molecule has 0 aliphatic rings. The van der Waals surface area contributed by atoms with Crippen LogP contribution in [0.3, 0.4) is 0 Å². The number of hydrogen-bond donors (Lipinski definition) is 1. The highest BCUT2D eigenvalue weighted by molar-refractivity contribution is 7.89. The molecule has 0 unspecified atom stereocenters. The fourth-order valence-corrected chi connectivity index (χ4v) is 3.78. The Morgan fingerprint density at radius 1 is 1.15 bits per heavy atom. The summed E-state index contributed by atoms with van der Waals surface area (Å²) in [7, 11) is 1.25. The lowest BCUT2D eigenvalue weighted by Gasteiger charge is -2.26. The zero-order valence-corrected chi connectivity index (χ0v) is 16.3. The lowest BCUT2D eigenvalue weighted by molar-refractivity contribution is 0.0600.